The van der Waals surface area contributed by atoms with Crippen molar-refractivity contribution in [3.8, 4) is 5.75 Å². The number of hydrogen-bond donors (Lipinski definition) is 1. The van der Waals surface area contributed by atoms with Gasteiger partial charge in [0.05, 0.1) is 11.1 Å². The number of benzene rings is 1. The summed E-state index contributed by atoms with van der Waals surface area (Å²) in [6.07, 6.45) is 1.49. The number of hydrogen-bond acceptors (Lipinski definition) is 6. The van der Waals surface area contributed by atoms with Crippen molar-refractivity contribution in [3.05, 3.63) is 51.9 Å². The summed E-state index contributed by atoms with van der Waals surface area (Å²) < 4.78 is 10.3. The van der Waals surface area contributed by atoms with E-state index in [1.165, 1.54) is 12.3 Å². The molecule has 106 valence electrons. The Balaban J connectivity index is 2.12. The molecule has 0 spiro atoms. The SMILES string of the molecule is CCNCc1ccc(OCc2ccno2)c([N+](=O)[O-])c1. The largest absolute Gasteiger partial charge is 0.479 e. The lowest BCUT2D eigenvalue weighted by Crippen LogP contribution is -2.12. The van der Waals surface area contributed by atoms with E-state index in [1.807, 2.05) is 6.92 Å². The second-order valence-corrected chi connectivity index (χ2v) is 4.11. The molecule has 7 nitrogen and oxygen atoms in total. The Morgan fingerprint density at radius 1 is 1.45 bits per heavy atom. The van der Waals surface area contributed by atoms with Crippen LogP contribution in [0, 0.1) is 10.1 Å². The molecule has 2 aromatic rings. The zero-order valence-corrected chi connectivity index (χ0v) is 11.0. The molecule has 1 N–H and O–H groups in total. The van der Waals surface area contributed by atoms with E-state index < -0.39 is 4.92 Å². The van der Waals surface area contributed by atoms with Crippen LogP contribution in [0.3, 0.4) is 0 Å². The molecule has 0 aliphatic rings. The van der Waals surface area contributed by atoms with E-state index in [0.29, 0.717) is 12.3 Å². The van der Waals surface area contributed by atoms with Gasteiger partial charge in [0.2, 0.25) is 0 Å². The zero-order chi connectivity index (χ0) is 14.4. The first-order valence-corrected chi connectivity index (χ1v) is 6.21. The minimum Gasteiger partial charge on any atom is -0.479 e. The molecule has 0 amide bonds. The van der Waals surface area contributed by atoms with Crippen molar-refractivity contribution < 1.29 is 14.2 Å². The summed E-state index contributed by atoms with van der Waals surface area (Å²) in [5.74, 6) is 0.725. The van der Waals surface area contributed by atoms with Crippen molar-refractivity contribution in [2.45, 2.75) is 20.1 Å². The van der Waals surface area contributed by atoms with Crippen LogP contribution in [0.5, 0.6) is 5.75 Å². The van der Waals surface area contributed by atoms with Gasteiger partial charge >= 0.3 is 5.69 Å². The lowest BCUT2D eigenvalue weighted by atomic mass is 10.2. The summed E-state index contributed by atoms with van der Waals surface area (Å²) in [7, 11) is 0. The first-order chi connectivity index (χ1) is 9.70. The van der Waals surface area contributed by atoms with Gasteiger partial charge in [-0.2, -0.15) is 0 Å². The van der Waals surface area contributed by atoms with Gasteiger partial charge in [-0.15, -0.1) is 0 Å². The van der Waals surface area contributed by atoms with E-state index in [4.69, 9.17) is 9.26 Å². The zero-order valence-electron chi connectivity index (χ0n) is 11.0. The molecule has 1 aromatic carbocycles. The second kappa shape index (κ2) is 6.67. The van der Waals surface area contributed by atoms with Crippen LogP contribution >= 0.6 is 0 Å². The molecule has 1 aromatic heterocycles. The third-order valence-corrected chi connectivity index (χ3v) is 2.66. The van der Waals surface area contributed by atoms with Crippen molar-refractivity contribution >= 4 is 5.69 Å². The van der Waals surface area contributed by atoms with E-state index in [2.05, 4.69) is 10.5 Å². The molecule has 1 heterocycles. The van der Waals surface area contributed by atoms with Crippen LogP contribution in [0.4, 0.5) is 5.69 Å². The Bertz CT molecular complexity index is 569. The molecule has 20 heavy (non-hydrogen) atoms. The second-order valence-electron chi connectivity index (χ2n) is 4.11. The molecule has 0 aliphatic carbocycles. The van der Waals surface area contributed by atoms with Crippen molar-refractivity contribution in [2.75, 3.05) is 6.54 Å². The highest BCUT2D eigenvalue weighted by Crippen LogP contribution is 2.28. The van der Waals surface area contributed by atoms with Crippen molar-refractivity contribution in [1.82, 2.24) is 10.5 Å². The number of nitro benzene ring substituents is 1. The van der Waals surface area contributed by atoms with Gasteiger partial charge in [0, 0.05) is 18.7 Å². The van der Waals surface area contributed by atoms with E-state index in [0.717, 1.165) is 12.1 Å². The molecular formula is C13H15N3O4. The van der Waals surface area contributed by atoms with Gasteiger partial charge < -0.3 is 14.6 Å². The predicted molar refractivity (Wildman–Crippen MR) is 71.3 cm³/mol. The molecule has 0 atom stereocenters. The maximum atomic E-state index is 11.1. The minimum absolute atomic E-state index is 0.0556. The number of rotatable bonds is 7. The van der Waals surface area contributed by atoms with E-state index >= 15 is 0 Å². The van der Waals surface area contributed by atoms with Gasteiger partial charge in [0.25, 0.3) is 0 Å². The van der Waals surface area contributed by atoms with Crippen LogP contribution in [-0.2, 0) is 13.2 Å². The maximum absolute atomic E-state index is 11.1. The smallest absolute Gasteiger partial charge is 0.311 e. The summed E-state index contributed by atoms with van der Waals surface area (Å²) in [6, 6.07) is 6.55. The Morgan fingerprint density at radius 3 is 2.95 bits per heavy atom. The molecule has 0 bridgehead atoms. The predicted octanol–water partition coefficient (Wildman–Crippen LogP) is 2.27. The van der Waals surface area contributed by atoms with Crippen LogP contribution in [0.1, 0.15) is 18.2 Å². The first-order valence-electron chi connectivity index (χ1n) is 6.21. The number of nitrogens with one attached hydrogen (secondary N) is 1. The van der Waals surface area contributed by atoms with E-state index in [1.54, 1.807) is 18.2 Å². The highest BCUT2D eigenvalue weighted by molar-refractivity contribution is 5.48. The van der Waals surface area contributed by atoms with Gasteiger partial charge in [0.15, 0.2) is 11.5 Å². The Labute approximate surface area is 115 Å². The van der Waals surface area contributed by atoms with Gasteiger partial charge in [-0.05, 0) is 18.2 Å². The number of nitro groups is 1. The molecule has 0 radical (unpaired) electrons. The highest BCUT2D eigenvalue weighted by atomic mass is 16.6. The van der Waals surface area contributed by atoms with Gasteiger partial charge in [-0.3, -0.25) is 10.1 Å². The minimum atomic E-state index is -0.453. The standard InChI is InChI=1S/C13H15N3O4/c1-2-14-8-10-3-4-13(12(7-10)16(17)18)19-9-11-5-6-15-20-11/h3-7,14H,2,8-9H2,1H3. The summed E-state index contributed by atoms with van der Waals surface area (Å²) in [4.78, 5) is 10.6. The Hall–Kier alpha value is -2.41. The third kappa shape index (κ3) is 3.55. The number of ether oxygens (including phenoxy) is 1. The lowest BCUT2D eigenvalue weighted by molar-refractivity contribution is -0.386. The third-order valence-electron chi connectivity index (χ3n) is 2.66. The molecule has 0 unspecified atom stereocenters. The molecule has 0 saturated heterocycles. The number of aromatic nitrogens is 1. The molecule has 0 aliphatic heterocycles. The fraction of sp³-hybridized carbons (Fsp3) is 0.308. The van der Waals surface area contributed by atoms with Crippen LogP contribution in [-0.4, -0.2) is 16.6 Å². The van der Waals surface area contributed by atoms with Gasteiger partial charge in [-0.25, -0.2) is 0 Å². The summed E-state index contributed by atoms with van der Waals surface area (Å²) in [5, 5.41) is 17.7. The first kappa shape index (κ1) is 14.0. The van der Waals surface area contributed by atoms with Crippen molar-refractivity contribution in [1.29, 1.82) is 0 Å². The summed E-state index contributed by atoms with van der Waals surface area (Å²) >= 11 is 0. The van der Waals surface area contributed by atoms with Crippen LogP contribution in [0.25, 0.3) is 0 Å². The quantitative estimate of drug-likeness (QED) is 0.616. The topological polar surface area (TPSA) is 90.4 Å². The number of nitrogens with zero attached hydrogens (tertiary/aromatic N) is 2. The monoisotopic (exact) mass is 277 g/mol. The van der Waals surface area contributed by atoms with Crippen LogP contribution in [0.2, 0.25) is 0 Å². The molecule has 2 rings (SSSR count). The molecular weight excluding hydrogens is 262 g/mol. The van der Waals surface area contributed by atoms with Crippen LogP contribution < -0.4 is 10.1 Å². The fourth-order valence-electron chi connectivity index (χ4n) is 1.67. The maximum Gasteiger partial charge on any atom is 0.311 e. The lowest BCUT2D eigenvalue weighted by Gasteiger charge is -2.07. The average Bonchev–Trinajstić information content (AvgIpc) is 2.96. The summed E-state index contributed by atoms with van der Waals surface area (Å²) in [5.41, 5.74) is 0.783. The molecule has 0 fully saturated rings. The normalized spacial score (nSPS) is 10.4. The van der Waals surface area contributed by atoms with Crippen LogP contribution in [0.15, 0.2) is 35.0 Å². The highest BCUT2D eigenvalue weighted by Gasteiger charge is 2.16. The average molecular weight is 277 g/mol. The Morgan fingerprint density at radius 2 is 2.30 bits per heavy atom. The van der Waals surface area contributed by atoms with E-state index in [-0.39, 0.29) is 18.0 Å². The molecule has 0 saturated carbocycles. The fourth-order valence-corrected chi connectivity index (χ4v) is 1.67. The van der Waals surface area contributed by atoms with Crippen molar-refractivity contribution in [3.63, 3.8) is 0 Å². The van der Waals surface area contributed by atoms with Gasteiger partial charge in [-0.1, -0.05) is 18.1 Å². The molecule has 7 heteroatoms. The Kier molecular flexibility index (Phi) is 4.67. The van der Waals surface area contributed by atoms with E-state index in [9.17, 15) is 10.1 Å². The van der Waals surface area contributed by atoms with Gasteiger partial charge in [0.1, 0.15) is 6.61 Å². The van der Waals surface area contributed by atoms with Crippen molar-refractivity contribution in [2.24, 2.45) is 0 Å². The summed E-state index contributed by atoms with van der Waals surface area (Å²) in [6.45, 7) is 3.47.